The summed E-state index contributed by atoms with van der Waals surface area (Å²) in [7, 11) is 0. The number of ether oxygens (including phenoxy) is 1. The van der Waals surface area contributed by atoms with Crippen molar-refractivity contribution >= 4 is 11.0 Å². The van der Waals surface area contributed by atoms with Gasteiger partial charge in [0.2, 0.25) is 0 Å². The first-order valence-corrected chi connectivity index (χ1v) is 6.82. The van der Waals surface area contributed by atoms with Gasteiger partial charge in [0.25, 0.3) is 0 Å². The Balaban J connectivity index is 1.97. The molecule has 4 heteroatoms. The monoisotopic (exact) mass is 263 g/mol. The quantitative estimate of drug-likeness (QED) is 0.918. The summed E-state index contributed by atoms with van der Waals surface area (Å²) < 4.78 is 25.1. The van der Waals surface area contributed by atoms with Gasteiger partial charge >= 0.3 is 0 Å². The molecule has 1 aromatic carbocycles. The predicted molar refractivity (Wildman–Crippen MR) is 71.6 cm³/mol. The van der Waals surface area contributed by atoms with Crippen molar-refractivity contribution in [2.24, 2.45) is 0 Å². The van der Waals surface area contributed by atoms with E-state index in [2.05, 4.69) is 5.32 Å². The van der Waals surface area contributed by atoms with Crippen LogP contribution in [0.3, 0.4) is 0 Å². The molecule has 19 heavy (non-hydrogen) atoms. The topological polar surface area (TPSA) is 34.4 Å². The molecule has 1 fully saturated rings. The molecule has 2 aromatic rings. The maximum absolute atomic E-state index is 13.7. The molecular weight excluding hydrogens is 245 g/mol. The Hall–Kier alpha value is -1.39. The summed E-state index contributed by atoms with van der Waals surface area (Å²) in [4.78, 5) is 0. The molecule has 0 spiro atoms. The van der Waals surface area contributed by atoms with Crippen LogP contribution in [0.5, 0.6) is 0 Å². The number of benzene rings is 1. The van der Waals surface area contributed by atoms with Crippen LogP contribution in [-0.4, -0.2) is 19.3 Å². The standard InChI is InChI=1S/C15H18FNO2/c1-2-17-14(12-7-4-8-18-12)13-9-10-5-3-6-11(16)15(10)19-13/h3,5-6,9,12,14,17H,2,4,7-8H2,1H3. The van der Waals surface area contributed by atoms with Gasteiger partial charge in [-0.2, -0.15) is 0 Å². The van der Waals surface area contributed by atoms with E-state index in [1.165, 1.54) is 6.07 Å². The number of fused-ring (bicyclic) bond motifs is 1. The lowest BCUT2D eigenvalue weighted by Gasteiger charge is -2.21. The van der Waals surface area contributed by atoms with Gasteiger partial charge in [-0.25, -0.2) is 4.39 Å². The fourth-order valence-electron chi connectivity index (χ4n) is 2.70. The van der Waals surface area contributed by atoms with E-state index in [1.807, 2.05) is 19.1 Å². The highest BCUT2D eigenvalue weighted by molar-refractivity contribution is 5.78. The van der Waals surface area contributed by atoms with Crippen LogP contribution in [0.15, 0.2) is 28.7 Å². The van der Waals surface area contributed by atoms with Crippen LogP contribution < -0.4 is 5.32 Å². The van der Waals surface area contributed by atoms with Crippen LogP contribution in [0.2, 0.25) is 0 Å². The molecule has 0 bridgehead atoms. The highest BCUT2D eigenvalue weighted by atomic mass is 19.1. The molecule has 0 aliphatic carbocycles. The first-order valence-electron chi connectivity index (χ1n) is 6.82. The Labute approximate surface area is 111 Å². The molecule has 1 aromatic heterocycles. The lowest BCUT2D eigenvalue weighted by Crippen LogP contribution is -2.31. The SMILES string of the molecule is CCNC(c1cc2cccc(F)c2o1)C1CCCO1. The van der Waals surface area contributed by atoms with Crippen LogP contribution in [0.1, 0.15) is 31.6 Å². The van der Waals surface area contributed by atoms with Gasteiger partial charge in [-0.1, -0.05) is 19.1 Å². The van der Waals surface area contributed by atoms with E-state index in [1.54, 1.807) is 6.07 Å². The Morgan fingerprint density at radius 3 is 3.05 bits per heavy atom. The van der Waals surface area contributed by atoms with E-state index in [0.29, 0.717) is 5.58 Å². The van der Waals surface area contributed by atoms with Gasteiger partial charge in [0.15, 0.2) is 11.4 Å². The number of para-hydroxylation sites is 1. The fourth-order valence-corrected chi connectivity index (χ4v) is 2.70. The summed E-state index contributed by atoms with van der Waals surface area (Å²) in [6, 6.07) is 6.89. The summed E-state index contributed by atoms with van der Waals surface area (Å²) in [5, 5.41) is 4.18. The third-order valence-electron chi connectivity index (χ3n) is 3.58. The van der Waals surface area contributed by atoms with E-state index >= 15 is 0 Å². The number of hydrogen-bond donors (Lipinski definition) is 1. The van der Waals surface area contributed by atoms with E-state index in [4.69, 9.17) is 9.15 Å². The van der Waals surface area contributed by atoms with Crippen molar-refractivity contribution in [1.82, 2.24) is 5.32 Å². The number of rotatable bonds is 4. The van der Waals surface area contributed by atoms with Gasteiger partial charge in [-0.05, 0) is 31.5 Å². The Kier molecular flexibility index (Phi) is 3.53. The maximum Gasteiger partial charge on any atom is 0.169 e. The molecule has 102 valence electrons. The zero-order chi connectivity index (χ0) is 13.2. The molecule has 3 nitrogen and oxygen atoms in total. The van der Waals surface area contributed by atoms with Gasteiger partial charge < -0.3 is 14.5 Å². The second-order valence-corrected chi connectivity index (χ2v) is 4.89. The minimum Gasteiger partial charge on any atom is -0.456 e. The van der Waals surface area contributed by atoms with Crippen molar-refractivity contribution < 1.29 is 13.5 Å². The molecule has 2 heterocycles. The van der Waals surface area contributed by atoms with Crippen molar-refractivity contribution in [2.45, 2.75) is 31.9 Å². The number of hydrogen-bond acceptors (Lipinski definition) is 3. The highest BCUT2D eigenvalue weighted by Gasteiger charge is 2.29. The molecule has 1 aliphatic rings. The van der Waals surface area contributed by atoms with E-state index in [-0.39, 0.29) is 18.0 Å². The van der Waals surface area contributed by atoms with Crippen LogP contribution in [0, 0.1) is 5.82 Å². The number of halogens is 1. The number of nitrogens with one attached hydrogen (secondary N) is 1. The van der Waals surface area contributed by atoms with Gasteiger partial charge in [-0.3, -0.25) is 0 Å². The molecule has 0 radical (unpaired) electrons. The van der Waals surface area contributed by atoms with Crippen molar-refractivity contribution in [3.05, 3.63) is 35.8 Å². The van der Waals surface area contributed by atoms with Crippen molar-refractivity contribution in [1.29, 1.82) is 0 Å². The molecule has 1 aliphatic heterocycles. The number of likely N-dealkylation sites (N-methyl/N-ethyl adjacent to an activating group) is 1. The van der Waals surface area contributed by atoms with E-state index in [0.717, 1.165) is 37.1 Å². The molecule has 2 atom stereocenters. The van der Waals surface area contributed by atoms with Crippen molar-refractivity contribution in [3.8, 4) is 0 Å². The van der Waals surface area contributed by atoms with Gasteiger partial charge in [-0.15, -0.1) is 0 Å². The second-order valence-electron chi connectivity index (χ2n) is 4.89. The molecule has 0 saturated carbocycles. The molecule has 1 N–H and O–H groups in total. The lowest BCUT2D eigenvalue weighted by molar-refractivity contribution is 0.0723. The Bertz CT molecular complexity index is 560. The van der Waals surface area contributed by atoms with E-state index < -0.39 is 0 Å². The molecular formula is C15H18FNO2. The first kappa shape index (κ1) is 12.6. The zero-order valence-corrected chi connectivity index (χ0v) is 11.0. The molecule has 0 amide bonds. The smallest absolute Gasteiger partial charge is 0.169 e. The average Bonchev–Trinajstić information content (AvgIpc) is 3.05. The van der Waals surface area contributed by atoms with Crippen LogP contribution in [0.4, 0.5) is 4.39 Å². The average molecular weight is 263 g/mol. The minimum atomic E-state index is -0.314. The Morgan fingerprint density at radius 1 is 1.47 bits per heavy atom. The maximum atomic E-state index is 13.7. The van der Waals surface area contributed by atoms with Gasteiger partial charge in [0.1, 0.15) is 5.76 Å². The Morgan fingerprint density at radius 2 is 2.37 bits per heavy atom. The normalized spacial score (nSPS) is 21.1. The zero-order valence-electron chi connectivity index (χ0n) is 11.0. The predicted octanol–water partition coefficient (Wildman–Crippen LogP) is 3.40. The molecule has 2 unspecified atom stereocenters. The minimum absolute atomic E-state index is 0.000648. The summed E-state index contributed by atoms with van der Waals surface area (Å²) in [6.07, 6.45) is 2.20. The lowest BCUT2D eigenvalue weighted by atomic mass is 10.1. The first-order chi connectivity index (χ1) is 9.29. The highest BCUT2D eigenvalue weighted by Crippen LogP contribution is 2.31. The number of furan rings is 1. The summed E-state index contributed by atoms with van der Waals surface area (Å²) >= 11 is 0. The van der Waals surface area contributed by atoms with Gasteiger partial charge in [0, 0.05) is 12.0 Å². The fraction of sp³-hybridized carbons (Fsp3) is 0.467. The summed E-state index contributed by atoms with van der Waals surface area (Å²) in [5.74, 6) is 0.445. The van der Waals surface area contributed by atoms with Crippen LogP contribution in [0.25, 0.3) is 11.0 Å². The third kappa shape index (κ3) is 2.38. The van der Waals surface area contributed by atoms with Crippen LogP contribution >= 0.6 is 0 Å². The molecule has 3 rings (SSSR count). The van der Waals surface area contributed by atoms with Crippen molar-refractivity contribution in [3.63, 3.8) is 0 Å². The van der Waals surface area contributed by atoms with Crippen molar-refractivity contribution in [2.75, 3.05) is 13.2 Å². The third-order valence-corrected chi connectivity index (χ3v) is 3.58. The molecule has 1 saturated heterocycles. The summed E-state index contributed by atoms with van der Waals surface area (Å²) in [6.45, 7) is 3.66. The van der Waals surface area contributed by atoms with Gasteiger partial charge in [0.05, 0.1) is 12.1 Å². The largest absolute Gasteiger partial charge is 0.456 e. The summed E-state index contributed by atoms with van der Waals surface area (Å²) in [5.41, 5.74) is 0.332. The van der Waals surface area contributed by atoms with Crippen LogP contribution in [-0.2, 0) is 4.74 Å². The van der Waals surface area contributed by atoms with E-state index in [9.17, 15) is 4.39 Å². The second kappa shape index (κ2) is 5.31.